The van der Waals surface area contributed by atoms with Crippen molar-refractivity contribution in [1.82, 2.24) is 4.90 Å². The normalized spacial score (nSPS) is 16.8. The van der Waals surface area contributed by atoms with Crippen LogP contribution >= 0.6 is 11.6 Å². The molecule has 1 heterocycles. The Kier molecular flexibility index (Phi) is 3.69. The third-order valence-electron chi connectivity index (χ3n) is 3.19. The predicted octanol–water partition coefficient (Wildman–Crippen LogP) is 2.55. The van der Waals surface area contributed by atoms with E-state index in [-0.39, 0.29) is 6.42 Å². The van der Waals surface area contributed by atoms with Crippen molar-refractivity contribution in [1.29, 1.82) is 0 Å². The van der Waals surface area contributed by atoms with Crippen molar-refractivity contribution in [2.75, 3.05) is 13.1 Å². The fourth-order valence-electron chi connectivity index (χ4n) is 2.26. The monoisotopic (exact) mass is 253 g/mol. The van der Waals surface area contributed by atoms with Crippen molar-refractivity contribution in [3.05, 3.63) is 34.3 Å². The Balaban J connectivity index is 1.85. The van der Waals surface area contributed by atoms with Gasteiger partial charge >= 0.3 is 5.97 Å². The molecule has 0 bridgehead atoms. The molecule has 3 nitrogen and oxygen atoms in total. The molecule has 1 aliphatic rings. The number of carboxylic acids is 1. The van der Waals surface area contributed by atoms with Crippen LogP contribution in [0, 0.1) is 12.8 Å². The lowest BCUT2D eigenvalue weighted by molar-refractivity contribution is -0.139. The van der Waals surface area contributed by atoms with Crippen LogP contribution in [0.1, 0.15) is 17.5 Å². The van der Waals surface area contributed by atoms with Crippen LogP contribution in [0.4, 0.5) is 0 Å². The Morgan fingerprint density at radius 2 is 2.24 bits per heavy atom. The highest BCUT2D eigenvalue weighted by Crippen LogP contribution is 2.23. The lowest BCUT2D eigenvalue weighted by Gasteiger charge is -2.38. The van der Waals surface area contributed by atoms with E-state index in [0.717, 1.165) is 24.7 Å². The van der Waals surface area contributed by atoms with Gasteiger partial charge in [0.1, 0.15) is 0 Å². The number of nitrogens with zero attached hydrogens (tertiary/aromatic N) is 1. The number of halogens is 1. The van der Waals surface area contributed by atoms with E-state index in [1.807, 2.05) is 18.2 Å². The van der Waals surface area contributed by atoms with Gasteiger partial charge in [-0.1, -0.05) is 17.7 Å². The van der Waals surface area contributed by atoms with Gasteiger partial charge in [0.15, 0.2) is 0 Å². The number of aliphatic carboxylic acids is 1. The average molecular weight is 254 g/mol. The summed E-state index contributed by atoms with van der Waals surface area (Å²) in [5.74, 6) is -0.377. The SMILES string of the molecule is Cc1cc(Cl)ccc1CN1CC(CC(=O)O)C1. The summed E-state index contributed by atoms with van der Waals surface area (Å²) in [5, 5.41) is 9.43. The summed E-state index contributed by atoms with van der Waals surface area (Å²) in [6, 6.07) is 5.91. The van der Waals surface area contributed by atoms with Crippen molar-refractivity contribution in [2.45, 2.75) is 19.9 Å². The van der Waals surface area contributed by atoms with Gasteiger partial charge in [-0.15, -0.1) is 0 Å². The highest BCUT2D eigenvalue weighted by Gasteiger charge is 2.28. The number of carbonyl (C=O) groups is 1. The van der Waals surface area contributed by atoms with Crippen molar-refractivity contribution in [3.63, 3.8) is 0 Å². The van der Waals surface area contributed by atoms with Crippen molar-refractivity contribution < 1.29 is 9.90 Å². The lowest BCUT2D eigenvalue weighted by Crippen LogP contribution is -2.46. The second-order valence-electron chi connectivity index (χ2n) is 4.73. The standard InChI is InChI=1S/C13H16ClNO2/c1-9-4-12(14)3-2-11(9)8-15-6-10(7-15)5-13(16)17/h2-4,10H,5-8H2,1H3,(H,16,17). The molecule has 0 spiro atoms. The second-order valence-corrected chi connectivity index (χ2v) is 5.17. The third-order valence-corrected chi connectivity index (χ3v) is 3.43. The van der Waals surface area contributed by atoms with Gasteiger partial charge in [-0.3, -0.25) is 9.69 Å². The molecule has 1 saturated heterocycles. The highest BCUT2D eigenvalue weighted by atomic mass is 35.5. The molecule has 1 fully saturated rings. The van der Waals surface area contributed by atoms with Gasteiger partial charge in [-0.25, -0.2) is 0 Å². The fraction of sp³-hybridized carbons (Fsp3) is 0.462. The smallest absolute Gasteiger partial charge is 0.303 e. The zero-order chi connectivity index (χ0) is 12.4. The van der Waals surface area contributed by atoms with Gasteiger partial charge in [0, 0.05) is 24.7 Å². The summed E-state index contributed by atoms with van der Waals surface area (Å²) < 4.78 is 0. The first kappa shape index (κ1) is 12.4. The Morgan fingerprint density at radius 3 is 2.82 bits per heavy atom. The van der Waals surface area contributed by atoms with Crippen LogP contribution in [-0.4, -0.2) is 29.1 Å². The molecular weight excluding hydrogens is 238 g/mol. The zero-order valence-corrected chi connectivity index (χ0v) is 10.6. The Morgan fingerprint density at radius 1 is 1.53 bits per heavy atom. The average Bonchev–Trinajstić information content (AvgIpc) is 2.17. The van der Waals surface area contributed by atoms with E-state index < -0.39 is 5.97 Å². The first-order chi connectivity index (χ1) is 8.04. The number of hydrogen-bond donors (Lipinski definition) is 1. The van der Waals surface area contributed by atoms with Crippen molar-refractivity contribution in [3.8, 4) is 0 Å². The summed E-state index contributed by atoms with van der Waals surface area (Å²) >= 11 is 5.90. The van der Waals surface area contributed by atoms with E-state index in [9.17, 15) is 4.79 Å². The van der Waals surface area contributed by atoms with Crippen LogP contribution < -0.4 is 0 Å². The molecule has 4 heteroatoms. The van der Waals surface area contributed by atoms with E-state index in [1.54, 1.807) is 0 Å². The Bertz CT molecular complexity index is 427. The van der Waals surface area contributed by atoms with E-state index in [2.05, 4.69) is 11.8 Å². The zero-order valence-electron chi connectivity index (χ0n) is 9.82. The number of rotatable bonds is 4. The summed E-state index contributed by atoms with van der Waals surface area (Å²) in [6.07, 6.45) is 0.288. The maximum absolute atomic E-state index is 10.5. The molecule has 1 aromatic carbocycles. The summed E-state index contributed by atoms with van der Waals surface area (Å²) in [5.41, 5.74) is 2.46. The summed E-state index contributed by atoms with van der Waals surface area (Å²) in [7, 11) is 0. The van der Waals surface area contributed by atoms with Crippen LogP contribution in [0.3, 0.4) is 0 Å². The number of hydrogen-bond acceptors (Lipinski definition) is 2. The van der Waals surface area contributed by atoms with Crippen LogP contribution in [-0.2, 0) is 11.3 Å². The topological polar surface area (TPSA) is 40.5 Å². The minimum absolute atomic E-state index is 0.288. The van der Waals surface area contributed by atoms with E-state index in [1.165, 1.54) is 11.1 Å². The molecule has 1 N–H and O–H groups in total. The van der Waals surface area contributed by atoms with Crippen LogP contribution in [0.5, 0.6) is 0 Å². The van der Waals surface area contributed by atoms with E-state index >= 15 is 0 Å². The molecule has 0 radical (unpaired) electrons. The minimum atomic E-state index is -0.697. The fourth-order valence-corrected chi connectivity index (χ4v) is 2.49. The molecule has 1 aliphatic heterocycles. The Labute approximate surface area is 106 Å². The molecule has 0 aromatic heterocycles. The molecule has 0 saturated carbocycles. The quantitative estimate of drug-likeness (QED) is 0.897. The molecule has 0 unspecified atom stereocenters. The maximum Gasteiger partial charge on any atom is 0.303 e. The van der Waals surface area contributed by atoms with Crippen molar-refractivity contribution >= 4 is 17.6 Å². The van der Waals surface area contributed by atoms with Crippen LogP contribution in [0.2, 0.25) is 5.02 Å². The largest absolute Gasteiger partial charge is 0.481 e. The Hall–Kier alpha value is -1.06. The van der Waals surface area contributed by atoms with Gasteiger partial charge in [-0.05, 0) is 36.1 Å². The van der Waals surface area contributed by atoms with Gasteiger partial charge in [0.25, 0.3) is 0 Å². The highest BCUT2D eigenvalue weighted by molar-refractivity contribution is 6.30. The minimum Gasteiger partial charge on any atom is -0.481 e. The van der Waals surface area contributed by atoms with Gasteiger partial charge in [0.05, 0.1) is 6.42 Å². The van der Waals surface area contributed by atoms with Crippen LogP contribution in [0.25, 0.3) is 0 Å². The van der Waals surface area contributed by atoms with Gasteiger partial charge in [-0.2, -0.15) is 0 Å². The van der Waals surface area contributed by atoms with E-state index in [0.29, 0.717) is 5.92 Å². The molecule has 17 heavy (non-hydrogen) atoms. The molecule has 92 valence electrons. The summed E-state index contributed by atoms with van der Waals surface area (Å²) in [6.45, 7) is 4.71. The van der Waals surface area contributed by atoms with Gasteiger partial charge < -0.3 is 5.11 Å². The molecule has 2 rings (SSSR count). The molecular formula is C13H16ClNO2. The molecule has 0 aliphatic carbocycles. The summed E-state index contributed by atoms with van der Waals surface area (Å²) in [4.78, 5) is 12.8. The van der Waals surface area contributed by atoms with Crippen LogP contribution in [0.15, 0.2) is 18.2 Å². The molecule has 0 atom stereocenters. The second kappa shape index (κ2) is 5.07. The number of carboxylic acid groups (broad SMARTS) is 1. The number of benzene rings is 1. The van der Waals surface area contributed by atoms with Crippen molar-refractivity contribution in [2.24, 2.45) is 5.92 Å². The number of likely N-dealkylation sites (tertiary alicyclic amines) is 1. The first-order valence-electron chi connectivity index (χ1n) is 5.74. The lowest BCUT2D eigenvalue weighted by atomic mass is 9.95. The molecule has 1 aromatic rings. The first-order valence-corrected chi connectivity index (χ1v) is 6.11. The third kappa shape index (κ3) is 3.20. The van der Waals surface area contributed by atoms with Gasteiger partial charge in [0.2, 0.25) is 0 Å². The predicted molar refractivity (Wildman–Crippen MR) is 67.2 cm³/mol. The maximum atomic E-state index is 10.5. The molecule has 0 amide bonds. The van der Waals surface area contributed by atoms with E-state index in [4.69, 9.17) is 16.7 Å². The number of aryl methyl sites for hydroxylation is 1.